The van der Waals surface area contributed by atoms with E-state index in [4.69, 9.17) is 40.4 Å². The van der Waals surface area contributed by atoms with Crippen molar-refractivity contribution < 1.29 is 4.97 Å². The Labute approximate surface area is 145 Å². The van der Waals surface area contributed by atoms with Crippen molar-refractivity contribution in [2.75, 3.05) is 0 Å². The fourth-order valence-electron chi connectivity index (χ4n) is 2.85. The fourth-order valence-corrected chi connectivity index (χ4v) is 18.0. The van der Waals surface area contributed by atoms with Gasteiger partial charge in [-0.15, -0.1) is 0 Å². The van der Waals surface area contributed by atoms with Crippen LogP contribution in [0.2, 0.25) is 21.3 Å². The third kappa shape index (κ3) is 5.91. The Morgan fingerprint density at radius 2 is 0.667 bits per heavy atom. The fraction of sp³-hybridized carbons (Fsp3) is 1.00. The molecule has 0 saturated carbocycles. The topological polar surface area (TPSA) is 0 Å². The normalized spacial score (nSPS) is 20.2. The molecule has 0 rings (SSSR count). The molecule has 0 nitrogen and oxygen atoms in total. The van der Waals surface area contributed by atoms with Crippen molar-refractivity contribution in [1.82, 2.24) is 0 Å². The molecule has 0 aromatic heterocycles. The Morgan fingerprint density at radius 3 is 0.810 bits per heavy atom. The molecular weight excluding hydrogens is 390 g/mol. The van der Waals surface area contributed by atoms with E-state index in [-0.39, 0.29) is 0 Å². The minimum absolute atomic E-state index is 0.548. The van der Waals surface area contributed by atoms with Crippen LogP contribution in [0.15, 0.2) is 0 Å². The van der Waals surface area contributed by atoms with Crippen LogP contribution in [0.5, 0.6) is 0 Å². The minimum atomic E-state index is -5.53. The summed E-state index contributed by atoms with van der Waals surface area (Å²) in [5.74, 6) is 0. The second-order valence-electron chi connectivity index (χ2n) is 7.00. The summed E-state index contributed by atoms with van der Waals surface area (Å²) < 4.78 is 0. The van der Waals surface area contributed by atoms with Gasteiger partial charge in [-0.05, 0) is 0 Å². The van der Waals surface area contributed by atoms with E-state index in [2.05, 4.69) is 27.7 Å². The molecule has 0 aliphatic carbocycles. The first-order chi connectivity index (χ1) is 9.24. The summed E-state index contributed by atoms with van der Waals surface area (Å²) in [5.41, 5.74) is 0. The van der Waals surface area contributed by atoms with Gasteiger partial charge in [-0.2, -0.15) is 0 Å². The van der Waals surface area contributed by atoms with E-state index in [1.165, 1.54) is 0 Å². The van der Waals surface area contributed by atoms with Crippen LogP contribution in [0, 0.1) is 0 Å². The van der Waals surface area contributed by atoms with Crippen molar-refractivity contribution in [3.8, 4) is 0 Å². The monoisotopic (exact) mass is 424 g/mol. The van der Waals surface area contributed by atoms with Crippen molar-refractivity contribution in [2.24, 2.45) is 0 Å². The maximum absolute atomic E-state index is 7.51. The number of rotatable bonds is 12. The molecule has 0 heterocycles. The molecule has 0 aromatic carbocycles. The van der Waals surface area contributed by atoms with E-state index in [0.717, 1.165) is 51.4 Å². The second-order valence-corrected chi connectivity index (χ2v) is 40.6. The Balaban J connectivity index is 6.18. The Bertz CT molecular complexity index is 327. The van der Waals surface area contributed by atoms with Crippen LogP contribution >= 0.6 is 40.4 Å². The van der Waals surface area contributed by atoms with Gasteiger partial charge in [0.2, 0.25) is 0 Å². The first-order valence-corrected chi connectivity index (χ1v) is 17.6. The number of unbranched alkanes of at least 4 members (excludes halogenated alkanes) is 4. The van der Waals surface area contributed by atoms with Gasteiger partial charge in [0.1, 0.15) is 0 Å². The predicted octanol–water partition coefficient (Wildman–Crippen LogP) is 9.77. The van der Waals surface area contributed by atoms with Crippen LogP contribution in [-0.4, -0.2) is 0 Å². The van der Waals surface area contributed by atoms with Crippen molar-refractivity contribution in [1.29, 1.82) is 0 Å². The van der Waals surface area contributed by atoms with Crippen LogP contribution in [0.4, 0.5) is 0 Å². The molecule has 0 radical (unpaired) electrons. The Kier molecular flexibility index (Phi) is 5.76. The molecule has 0 fully saturated rings. The van der Waals surface area contributed by atoms with Crippen molar-refractivity contribution in [3.63, 3.8) is 0 Å². The Hall–Kier alpha value is 1.68. The maximum atomic E-state index is 7.51. The molecule has 0 aromatic rings. The first-order valence-electron chi connectivity index (χ1n) is 8.36. The first kappa shape index (κ1) is 22.7. The second kappa shape index (κ2) is 5.34. The molecule has 0 aliphatic heterocycles. The van der Waals surface area contributed by atoms with Gasteiger partial charge < -0.3 is 0 Å². The van der Waals surface area contributed by atoms with Gasteiger partial charge >= 0.3 is 146 Å². The standard InChI is InChI=1S/4C4H9.4ClH.Fe/c4*1-3-4-2;;;;;/h4*1,3-4H2,2H3;4*1H;/q;;;;;;;;+4/p-4. The van der Waals surface area contributed by atoms with Crippen LogP contribution in [-0.2, 0) is 4.97 Å². The summed E-state index contributed by atoms with van der Waals surface area (Å²) in [6.45, 7) is 8.55. The van der Waals surface area contributed by atoms with E-state index in [1.54, 1.807) is 0 Å². The molecule has 0 N–H and O–H groups in total. The molecule has 0 amide bonds. The van der Waals surface area contributed by atoms with Crippen LogP contribution in [0.3, 0.4) is 0 Å². The summed E-state index contributed by atoms with van der Waals surface area (Å²) in [6, 6.07) is 0. The molecular formula is C16H36Cl4Fe. The van der Waals surface area contributed by atoms with Crippen LogP contribution in [0.25, 0.3) is 0 Å². The Morgan fingerprint density at radius 1 is 0.476 bits per heavy atom. The van der Waals surface area contributed by atoms with Gasteiger partial charge in [0.15, 0.2) is 0 Å². The van der Waals surface area contributed by atoms with Crippen LogP contribution < -0.4 is 0 Å². The zero-order chi connectivity index (χ0) is 16.8. The molecule has 0 unspecified atom stereocenters. The summed E-state index contributed by atoms with van der Waals surface area (Å²) in [6.07, 6.45) is 7.56. The van der Waals surface area contributed by atoms with Gasteiger partial charge in [-0.3, -0.25) is 0 Å². The quantitative estimate of drug-likeness (QED) is 0.273. The van der Waals surface area contributed by atoms with Gasteiger partial charge in [-0.1, -0.05) is 0 Å². The van der Waals surface area contributed by atoms with Gasteiger partial charge in [-0.25, -0.2) is 0 Å². The molecule has 21 heavy (non-hydrogen) atoms. The summed E-state index contributed by atoms with van der Waals surface area (Å²) >= 11 is 0. The third-order valence-corrected chi connectivity index (χ3v) is 22.9. The third-order valence-electron chi connectivity index (χ3n) is 4.48. The van der Waals surface area contributed by atoms with E-state index in [0.29, 0.717) is 21.3 Å². The van der Waals surface area contributed by atoms with Gasteiger partial charge in [0, 0.05) is 0 Å². The average molecular weight is 426 g/mol. The van der Waals surface area contributed by atoms with Gasteiger partial charge in [0.25, 0.3) is 0 Å². The van der Waals surface area contributed by atoms with E-state index in [1.807, 2.05) is 0 Å². The molecule has 0 spiro atoms. The van der Waals surface area contributed by atoms with E-state index >= 15 is 0 Å². The van der Waals surface area contributed by atoms with Crippen molar-refractivity contribution in [2.45, 2.75) is 100 Å². The van der Waals surface area contributed by atoms with Crippen molar-refractivity contribution >= 4 is 40.4 Å². The number of halogens is 4. The summed E-state index contributed by atoms with van der Waals surface area (Å²) in [7, 11) is 30.0. The van der Waals surface area contributed by atoms with E-state index in [9.17, 15) is 0 Å². The van der Waals surface area contributed by atoms with Crippen LogP contribution in [0.1, 0.15) is 79.1 Å². The molecule has 0 atom stereocenters. The number of hydrogen-bond donors (Lipinski definition) is 0. The summed E-state index contributed by atoms with van der Waals surface area (Å²) in [5, 5.41) is 2.19. The summed E-state index contributed by atoms with van der Waals surface area (Å²) in [4.78, 5) is -5.53. The zero-order valence-electron chi connectivity index (χ0n) is 14.4. The molecule has 5 heteroatoms. The molecule has 0 bridgehead atoms. The molecule has 0 saturated heterocycles. The average Bonchev–Trinajstić information content (AvgIpc) is 2.41. The molecule has 0 aliphatic rings. The zero-order valence-corrected chi connectivity index (χ0v) is 18.5. The predicted molar refractivity (Wildman–Crippen MR) is 102 cm³/mol. The SMILES string of the molecule is CCC[CH2][Fe]([Cl])([Cl])([Cl])([Cl])([CH2]CCC)([CH2]CCC)[CH2]CCC. The van der Waals surface area contributed by atoms with Crippen molar-refractivity contribution in [3.05, 3.63) is 0 Å². The molecule has 136 valence electrons. The van der Waals surface area contributed by atoms with Gasteiger partial charge in [0.05, 0.1) is 0 Å². The number of hydrogen-bond acceptors (Lipinski definition) is 0. The van der Waals surface area contributed by atoms with E-state index < -0.39 is 4.97 Å².